The Morgan fingerprint density at radius 3 is 2.59 bits per heavy atom. The quantitative estimate of drug-likeness (QED) is 0.778. The van der Waals surface area contributed by atoms with Crippen LogP contribution in [-0.4, -0.2) is 65.8 Å². The first-order valence-electron chi connectivity index (χ1n) is 10.3. The third kappa shape index (κ3) is 3.58. The summed E-state index contributed by atoms with van der Waals surface area (Å²) in [6.07, 6.45) is 1.84. The van der Waals surface area contributed by atoms with E-state index in [0.29, 0.717) is 62.4 Å². The SMILES string of the molecule is COc1ccc2c(c1)OC1(CCN(C(=O)C3CC(=O)N(C(C)C)C3)CC1)CC2=O. The molecule has 4 rings (SSSR count). The van der Waals surface area contributed by atoms with Crippen LogP contribution >= 0.6 is 0 Å². The van der Waals surface area contributed by atoms with Crippen LogP contribution in [0.5, 0.6) is 11.5 Å². The highest BCUT2D eigenvalue weighted by Gasteiger charge is 2.45. The van der Waals surface area contributed by atoms with Gasteiger partial charge in [-0.25, -0.2) is 0 Å². The van der Waals surface area contributed by atoms with E-state index in [4.69, 9.17) is 9.47 Å². The maximum Gasteiger partial charge on any atom is 0.227 e. The van der Waals surface area contributed by atoms with Gasteiger partial charge in [0.1, 0.15) is 17.1 Å². The Hall–Kier alpha value is -2.57. The number of likely N-dealkylation sites (tertiary alicyclic amines) is 2. The van der Waals surface area contributed by atoms with Gasteiger partial charge in [-0.3, -0.25) is 14.4 Å². The van der Waals surface area contributed by atoms with E-state index < -0.39 is 5.60 Å². The zero-order valence-electron chi connectivity index (χ0n) is 17.3. The summed E-state index contributed by atoms with van der Waals surface area (Å²) < 4.78 is 11.5. The van der Waals surface area contributed by atoms with E-state index in [1.54, 1.807) is 30.2 Å². The number of benzene rings is 1. The molecule has 2 amide bonds. The molecule has 7 nitrogen and oxygen atoms in total. The number of ketones is 1. The summed E-state index contributed by atoms with van der Waals surface area (Å²) in [5.74, 6) is 1.12. The second-order valence-electron chi connectivity index (χ2n) is 8.61. The molecular weight excluding hydrogens is 372 g/mol. The predicted octanol–water partition coefficient (Wildman–Crippen LogP) is 2.28. The van der Waals surface area contributed by atoms with E-state index in [9.17, 15) is 14.4 Å². The Balaban J connectivity index is 1.42. The minimum absolute atomic E-state index is 0.0422. The lowest BCUT2D eigenvalue weighted by atomic mass is 9.82. The number of piperidine rings is 1. The normalized spacial score (nSPS) is 23.4. The molecule has 0 aliphatic carbocycles. The Kier molecular flexibility index (Phi) is 5.00. The van der Waals surface area contributed by atoms with Gasteiger partial charge in [0.15, 0.2) is 5.78 Å². The number of carbonyl (C=O) groups excluding carboxylic acids is 3. The summed E-state index contributed by atoms with van der Waals surface area (Å²) in [4.78, 5) is 41.4. The average Bonchev–Trinajstić information content (AvgIpc) is 3.09. The van der Waals surface area contributed by atoms with Crippen LogP contribution in [-0.2, 0) is 9.59 Å². The Labute approximate surface area is 170 Å². The number of ether oxygens (including phenoxy) is 2. The van der Waals surface area contributed by atoms with Crippen LogP contribution < -0.4 is 9.47 Å². The molecule has 3 aliphatic rings. The van der Waals surface area contributed by atoms with Crippen molar-refractivity contribution in [1.82, 2.24) is 9.80 Å². The first-order chi connectivity index (χ1) is 13.8. The van der Waals surface area contributed by atoms with E-state index >= 15 is 0 Å². The highest BCUT2D eigenvalue weighted by atomic mass is 16.5. The van der Waals surface area contributed by atoms with Crippen LogP contribution in [0.4, 0.5) is 0 Å². The number of nitrogens with zero attached hydrogens (tertiary/aromatic N) is 2. The number of fused-ring (bicyclic) bond motifs is 1. The molecule has 0 aromatic heterocycles. The van der Waals surface area contributed by atoms with Gasteiger partial charge in [-0.1, -0.05) is 0 Å². The maximum absolute atomic E-state index is 13.0. The minimum Gasteiger partial charge on any atom is -0.497 e. The van der Waals surface area contributed by atoms with Gasteiger partial charge in [0, 0.05) is 51.0 Å². The summed E-state index contributed by atoms with van der Waals surface area (Å²) in [5, 5.41) is 0. The van der Waals surface area contributed by atoms with Gasteiger partial charge in [-0.05, 0) is 26.0 Å². The number of carbonyl (C=O) groups is 3. The molecule has 3 aliphatic heterocycles. The van der Waals surface area contributed by atoms with Crippen LogP contribution in [0.15, 0.2) is 18.2 Å². The molecule has 1 unspecified atom stereocenters. The lowest BCUT2D eigenvalue weighted by molar-refractivity contribution is -0.139. The number of amides is 2. The molecule has 2 fully saturated rings. The van der Waals surface area contributed by atoms with Crippen molar-refractivity contribution in [2.75, 3.05) is 26.7 Å². The van der Waals surface area contributed by atoms with E-state index in [1.807, 2.05) is 18.7 Å². The predicted molar refractivity (Wildman–Crippen MR) is 106 cm³/mol. The maximum atomic E-state index is 13.0. The zero-order chi connectivity index (χ0) is 20.8. The summed E-state index contributed by atoms with van der Waals surface area (Å²) in [5.41, 5.74) is 0.0241. The summed E-state index contributed by atoms with van der Waals surface area (Å²) in [6.45, 7) is 5.52. The van der Waals surface area contributed by atoms with E-state index in [1.165, 1.54) is 0 Å². The third-order valence-corrected chi connectivity index (χ3v) is 6.42. The highest BCUT2D eigenvalue weighted by Crippen LogP contribution is 2.41. The number of Topliss-reactive ketones (excluding diaryl/α,β-unsaturated/α-hetero) is 1. The first kappa shape index (κ1) is 19.7. The fraction of sp³-hybridized carbons (Fsp3) is 0.591. The molecule has 0 bridgehead atoms. The van der Waals surface area contributed by atoms with Gasteiger partial charge in [-0.2, -0.15) is 0 Å². The van der Waals surface area contributed by atoms with Gasteiger partial charge in [-0.15, -0.1) is 0 Å². The van der Waals surface area contributed by atoms with Gasteiger partial charge in [0.25, 0.3) is 0 Å². The van der Waals surface area contributed by atoms with Crippen LogP contribution in [0.3, 0.4) is 0 Å². The fourth-order valence-electron chi connectivity index (χ4n) is 4.67. The van der Waals surface area contributed by atoms with E-state index in [2.05, 4.69) is 0 Å². The summed E-state index contributed by atoms with van der Waals surface area (Å²) in [6, 6.07) is 5.39. The van der Waals surface area contributed by atoms with Crippen LogP contribution in [0.2, 0.25) is 0 Å². The van der Waals surface area contributed by atoms with Crippen LogP contribution in [0.1, 0.15) is 49.9 Å². The molecule has 3 heterocycles. The van der Waals surface area contributed by atoms with Crippen molar-refractivity contribution in [1.29, 1.82) is 0 Å². The van der Waals surface area contributed by atoms with Crippen molar-refractivity contribution < 1.29 is 23.9 Å². The molecule has 2 saturated heterocycles. The van der Waals surface area contributed by atoms with Crippen molar-refractivity contribution in [3.8, 4) is 11.5 Å². The molecule has 1 spiro atoms. The number of rotatable bonds is 3. The second-order valence-corrected chi connectivity index (χ2v) is 8.61. The van der Waals surface area contributed by atoms with Gasteiger partial charge >= 0.3 is 0 Å². The van der Waals surface area contributed by atoms with Crippen LogP contribution in [0.25, 0.3) is 0 Å². The van der Waals surface area contributed by atoms with E-state index in [0.717, 1.165) is 0 Å². The number of hydrogen-bond donors (Lipinski definition) is 0. The molecular formula is C22H28N2O5. The molecule has 7 heteroatoms. The second kappa shape index (κ2) is 7.35. The molecule has 1 aromatic carbocycles. The Morgan fingerprint density at radius 1 is 1.24 bits per heavy atom. The minimum atomic E-state index is -0.567. The Morgan fingerprint density at radius 2 is 1.97 bits per heavy atom. The molecule has 0 N–H and O–H groups in total. The van der Waals surface area contributed by atoms with E-state index in [-0.39, 0.29) is 29.6 Å². The summed E-state index contributed by atoms with van der Waals surface area (Å²) in [7, 11) is 1.58. The molecule has 0 radical (unpaired) electrons. The van der Waals surface area contributed by atoms with Crippen molar-refractivity contribution in [2.24, 2.45) is 5.92 Å². The van der Waals surface area contributed by atoms with Crippen molar-refractivity contribution >= 4 is 17.6 Å². The number of methoxy groups -OCH3 is 1. The molecule has 1 aromatic rings. The Bertz CT molecular complexity index is 842. The molecule has 156 valence electrons. The lowest BCUT2D eigenvalue weighted by Gasteiger charge is -2.44. The largest absolute Gasteiger partial charge is 0.497 e. The zero-order valence-corrected chi connectivity index (χ0v) is 17.3. The lowest BCUT2D eigenvalue weighted by Crippen LogP contribution is -2.53. The average molecular weight is 400 g/mol. The summed E-state index contributed by atoms with van der Waals surface area (Å²) >= 11 is 0. The molecule has 0 saturated carbocycles. The van der Waals surface area contributed by atoms with Gasteiger partial charge in [0.05, 0.1) is 25.0 Å². The topological polar surface area (TPSA) is 76.2 Å². The fourth-order valence-corrected chi connectivity index (χ4v) is 4.67. The van der Waals surface area contributed by atoms with Crippen molar-refractivity contribution in [2.45, 2.75) is 51.2 Å². The third-order valence-electron chi connectivity index (χ3n) is 6.42. The first-order valence-corrected chi connectivity index (χ1v) is 10.3. The smallest absolute Gasteiger partial charge is 0.227 e. The van der Waals surface area contributed by atoms with Crippen molar-refractivity contribution in [3.05, 3.63) is 23.8 Å². The van der Waals surface area contributed by atoms with Crippen molar-refractivity contribution in [3.63, 3.8) is 0 Å². The highest BCUT2D eigenvalue weighted by molar-refractivity contribution is 6.00. The standard InChI is InChI=1S/C22H28N2O5/c1-14(2)24-13-15(10-20(24)26)21(27)23-8-6-22(7-9-23)12-18(25)17-5-4-16(28-3)11-19(17)29-22/h4-5,11,14-15H,6-10,12-13H2,1-3H3. The van der Waals surface area contributed by atoms with Gasteiger partial charge < -0.3 is 19.3 Å². The molecule has 1 atom stereocenters. The monoisotopic (exact) mass is 400 g/mol. The van der Waals surface area contributed by atoms with Gasteiger partial charge in [0.2, 0.25) is 11.8 Å². The number of hydrogen-bond acceptors (Lipinski definition) is 5. The van der Waals surface area contributed by atoms with Crippen LogP contribution in [0, 0.1) is 5.92 Å². The molecule has 29 heavy (non-hydrogen) atoms.